The molecule has 9 heteroatoms. The van der Waals surface area contributed by atoms with Crippen LogP contribution in [-0.2, 0) is 27.3 Å². The molecule has 2 aromatic carbocycles. The molecule has 0 radical (unpaired) electrons. The molecule has 3 aromatic rings. The van der Waals surface area contributed by atoms with Crippen LogP contribution in [0.1, 0.15) is 21.7 Å². The number of esters is 2. The number of nitrogens with zero attached hydrogens (tertiary/aromatic N) is 1. The molecule has 8 nitrogen and oxygen atoms in total. The van der Waals surface area contributed by atoms with Crippen LogP contribution in [-0.4, -0.2) is 36.1 Å². The molecule has 0 aliphatic carbocycles. The maximum absolute atomic E-state index is 12.2. The molecule has 0 aliphatic heterocycles. The maximum atomic E-state index is 12.2. The zero-order valence-electron chi connectivity index (χ0n) is 15.7. The van der Waals surface area contributed by atoms with Crippen LogP contribution in [0.3, 0.4) is 0 Å². The van der Waals surface area contributed by atoms with Gasteiger partial charge in [0.05, 0.1) is 37.1 Å². The van der Waals surface area contributed by atoms with Gasteiger partial charge in [-0.2, -0.15) is 0 Å². The van der Waals surface area contributed by atoms with Crippen LogP contribution < -0.4 is 10.3 Å². The zero-order chi connectivity index (χ0) is 21.0. The molecule has 1 aromatic heterocycles. The number of aromatic amines is 1. The van der Waals surface area contributed by atoms with Crippen LogP contribution in [0.4, 0.5) is 0 Å². The number of fused-ring (bicyclic) bond motifs is 1. The summed E-state index contributed by atoms with van der Waals surface area (Å²) in [5.74, 6) is -0.427. The van der Waals surface area contributed by atoms with Gasteiger partial charge in [0.2, 0.25) is 0 Å². The molecule has 0 saturated heterocycles. The van der Waals surface area contributed by atoms with Crippen molar-refractivity contribution in [1.29, 1.82) is 0 Å². The van der Waals surface area contributed by atoms with Crippen LogP contribution in [0.25, 0.3) is 10.9 Å². The fourth-order valence-electron chi connectivity index (χ4n) is 2.74. The van der Waals surface area contributed by atoms with Crippen molar-refractivity contribution in [1.82, 2.24) is 9.97 Å². The van der Waals surface area contributed by atoms with Gasteiger partial charge in [-0.05, 0) is 36.4 Å². The van der Waals surface area contributed by atoms with Gasteiger partial charge < -0.3 is 19.2 Å². The van der Waals surface area contributed by atoms with Gasteiger partial charge in [0, 0.05) is 10.6 Å². The van der Waals surface area contributed by atoms with Gasteiger partial charge in [-0.1, -0.05) is 11.6 Å². The molecule has 0 fully saturated rings. The van der Waals surface area contributed by atoms with Gasteiger partial charge in [0.1, 0.15) is 18.2 Å². The number of carbonyl (C=O) groups excluding carboxylic acids is 2. The standard InChI is InChI=1S/C20H17ClN2O6/c1-27-16-6-4-13(21)7-12(16)9-18(24)29-10-17-22-15-8-11(20(26)28-2)3-5-14(15)19(25)23-17/h3-8H,9-10H2,1-2H3,(H,22,23,25). The van der Waals surface area contributed by atoms with Crippen molar-refractivity contribution in [2.24, 2.45) is 0 Å². The number of methoxy groups -OCH3 is 2. The highest BCUT2D eigenvalue weighted by Crippen LogP contribution is 2.23. The molecule has 0 saturated carbocycles. The molecule has 3 rings (SSSR count). The van der Waals surface area contributed by atoms with E-state index in [2.05, 4.69) is 14.7 Å². The minimum absolute atomic E-state index is 0.0615. The molecule has 0 spiro atoms. The van der Waals surface area contributed by atoms with E-state index in [4.69, 9.17) is 21.1 Å². The van der Waals surface area contributed by atoms with Gasteiger partial charge in [0.25, 0.3) is 5.56 Å². The van der Waals surface area contributed by atoms with E-state index >= 15 is 0 Å². The summed E-state index contributed by atoms with van der Waals surface area (Å²) in [5.41, 5.74) is 0.718. The number of benzene rings is 2. The van der Waals surface area contributed by atoms with Crippen LogP contribution in [0.15, 0.2) is 41.2 Å². The zero-order valence-corrected chi connectivity index (χ0v) is 16.4. The van der Waals surface area contributed by atoms with Crippen LogP contribution >= 0.6 is 11.6 Å². The third kappa shape index (κ3) is 4.72. The van der Waals surface area contributed by atoms with E-state index in [1.165, 1.54) is 32.4 Å². The number of hydrogen-bond acceptors (Lipinski definition) is 7. The highest BCUT2D eigenvalue weighted by atomic mass is 35.5. The van der Waals surface area contributed by atoms with Crippen molar-refractivity contribution in [2.75, 3.05) is 14.2 Å². The quantitative estimate of drug-likeness (QED) is 0.615. The molecule has 29 heavy (non-hydrogen) atoms. The van der Waals surface area contributed by atoms with Gasteiger partial charge in [-0.3, -0.25) is 9.59 Å². The van der Waals surface area contributed by atoms with E-state index < -0.39 is 17.5 Å². The van der Waals surface area contributed by atoms with Gasteiger partial charge in [-0.15, -0.1) is 0 Å². The molecule has 150 valence electrons. The second kappa shape index (κ2) is 8.74. The Morgan fingerprint density at radius 2 is 1.93 bits per heavy atom. The molecule has 1 heterocycles. The van der Waals surface area contributed by atoms with Crippen molar-refractivity contribution < 1.29 is 23.8 Å². The second-order valence-electron chi connectivity index (χ2n) is 6.03. The number of halogens is 1. The van der Waals surface area contributed by atoms with Crippen LogP contribution in [0, 0.1) is 0 Å². The molecule has 0 unspecified atom stereocenters. The topological polar surface area (TPSA) is 108 Å². The lowest BCUT2D eigenvalue weighted by Gasteiger charge is -2.09. The first kappa shape index (κ1) is 20.3. The Labute approximate surface area is 170 Å². The summed E-state index contributed by atoms with van der Waals surface area (Å²) < 4.78 is 15.1. The lowest BCUT2D eigenvalue weighted by atomic mass is 10.1. The summed E-state index contributed by atoms with van der Waals surface area (Å²) in [6.45, 7) is -0.241. The largest absolute Gasteiger partial charge is 0.496 e. The van der Waals surface area contributed by atoms with Crippen molar-refractivity contribution in [3.8, 4) is 5.75 Å². The summed E-state index contributed by atoms with van der Waals surface area (Å²) in [5, 5.41) is 0.770. The Morgan fingerprint density at radius 1 is 1.14 bits per heavy atom. The van der Waals surface area contributed by atoms with E-state index in [0.717, 1.165) is 0 Å². The smallest absolute Gasteiger partial charge is 0.337 e. The summed E-state index contributed by atoms with van der Waals surface area (Å²) in [7, 11) is 2.75. The maximum Gasteiger partial charge on any atom is 0.337 e. The number of rotatable bonds is 6. The van der Waals surface area contributed by atoms with Crippen molar-refractivity contribution >= 4 is 34.4 Å². The number of hydrogen-bond donors (Lipinski definition) is 1. The number of H-pyrrole nitrogens is 1. The minimum atomic E-state index is -0.545. The number of ether oxygens (including phenoxy) is 3. The predicted octanol–water partition coefficient (Wildman–Crippen LogP) is 2.66. The van der Waals surface area contributed by atoms with Crippen molar-refractivity contribution in [3.05, 3.63) is 68.7 Å². The minimum Gasteiger partial charge on any atom is -0.496 e. The molecule has 0 atom stereocenters. The average molecular weight is 417 g/mol. The van der Waals surface area contributed by atoms with E-state index in [-0.39, 0.29) is 24.4 Å². The van der Waals surface area contributed by atoms with E-state index in [1.54, 1.807) is 18.2 Å². The number of aromatic nitrogens is 2. The fourth-order valence-corrected chi connectivity index (χ4v) is 2.94. The van der Waals surface area contributed by atoms with E-state index in [0.29, 0.717) is 27.2 Å². The fraction of sp³-hybridized carbons (Fsp3) is 0.200. The number of carbonyl (C=O) groups is 2. The van der Waals surface area contributed by atoms with E-state index in [1.807, 2.05) is 0 Å². The van der Waals surface area contributed by atoms with Crippen LogP contribution in [0.2, 0.25) is 5.02 Å². The van der Waals surface area contributed by atoms with Gasteiger partial charge in [-0.25, -0.2) is 9.78 Å². The molecule has 0 bridgehead atoms. The number of nitrogens with one attached hydrogen (secondary N) is 1. The van der Waals surface area contributed by atoms with Gasteiger partial charge >= 0.3 is 11.9 Å². The monoisotopic (exact) mass is 416 g/mol. The third-order valence-corrected chi connectivity index (χ3v) is 4.36. The normalized spacial score (nSPS) is 10.6. The highest BCUT2D eigenvalue weighted by molar-refractivity contribution is 6.30. The molecular weight excluding hydrogens is 400 g/mol. The van der Waals surface area contributed by atoms with E-state index in [9.17, 15) is 14.4 Å². The Morgan fingerprint density at radius 3 is 2.66 bits per heavy atom. The lowest BCUT2D eigenvalue weighted by molar-refractivity contribution is -0.144. The van der Waals surface area contributed by atoms with Crippen molar-refractivity contribution in [3.63, 3.8) is 0 Å². The first-order chi connectivity index (χ1) is 13.9. The lowest BCUT2D eigenvalue weighted by Crippen LogP contribution is -2.16. The third-order valence-electron chi connectivity index (χ3n) is 4.12. The first-order valence-corrected chi connectivity index (χ1v) is 8.88. The second-order valence-corrected chi connectivity index (χ2v) is 6.47. The summed E-state index contributed by atoms with van der Waals surface area (Å²) in [6.07, 6.45) is -0.0615. The molecule has 0 amide bonds. The molecule has 1 N–H and O–H groups in total. The Kier molecular flexibility index (Phi) is 6.13. The Bertz CT molecular complexity index is 1140. The first-order valence-electron chi connectivity index (χ1n) is 8.50. The molecular formula is C20H17ClN2O6. The SMILES string of the molecule is COC(=O)c1ccc2c(=O)[nH]c(COC(=O)Cc3cc(Cl)ccc3OC)nc2c1. The Balaban J connectivity index is 1.76. The summed E-state index contributed by atoms with van der Waals surface area (Å²) in [6, 6.07) is 9.33. The summed E-state index contributed by atoms with van der Waals surface area (Å²) in [4.78, 5) is 42.9. The average Bonchev–Trinajstić information content (AvgIpc) is 2.71. The molecule has 0 aliphatic rings. The Hall–Kier alpha value is -3.39. The van der Waals surface area contributed by atoms with Crippen molar-refractivity contribution in [2.45, 2.75) is 13.0 Å². The summed E-state index contributed by atoms with van der Waals surface area (Å²) >= 11 is 5.96. The highest BCUT2D eigenvalue weighted by Gasteiger charge is 2.13. The predicted molar refractivity (Wildman–Crippen MR) is 105 cm³/mol. The van der Waals surface area contributed by atoms with Crippen LogP contribution in [0.5, 0.6) is 5.75 Å². The van der Waals surface area contributed by atoms with Gasteiger partial charge in [0.15, 0.2) is 0 Å².